The summed E-state index contributed by atoms with van der Waals surface area (Å²) in [7, 11) is 0. The Morgan fingerprint density at radius 3 is 2.85 bits per heavy atom. The van der Waals surface area contributed by atoms with Gasteiger partial charge in [-0.15, -0.1) is 16.4 Å². The molecule has 3 aromatic carbocycles. The van der Waals surface area contributed by atoms with Crippen LogP contribution < -0.4 is 5.32 Å². The minimum Gasteiger partial charge on any atom is -0.502 e. The number of amides is 1. The van der Waals surface area contributed by atoms with Crippen molar-refractivity contribution in [1.29, 1.82) is 0 Å². The third kappa shape index (κ3) is 4.54. The fourth-order valence-corrected chi connectivity index (χ4v) is 5.37. The summed E-state index contributed by atoms with van der Waals surface area (Å²) in [4.78, 5) is 27.4. The molecule has 5 rings (SSSR count). The topological polar surface area (TPSA) is 136 Å². The molecule has 10 nitrogen and oxygen atoms in total. The molecule has 34 heavy (non-hydrogen) atoms. The summed E-state index contributed by atoms with van der Waals surface area (Å²) < 4.78 is 3.62. The highest BCUT2D eigenvalue weighted by atomic mass is 32.2. The highest BCUT2D eigenvalue weighted by Crippen LogP contribution is 2.32. The average Bonchev–Trinajstić information content (AvgIpc) is 3.42. The Bertz CT molecular complexity index is 1550. The van der Waals surface area contributed by atoms with E-state index in [1.54, 1.807) is 17.8 Å². The van der Waals surface area contributed by atoms with Gasteiger partial charge < -0.3 is 10.4 Å². The Labute approximate surface area is 200 Å². The lowest BCUT2D eigenvalue weighted by Gasteiger charge is -2.06. The predicted octanol–water partition coefficient (Wildman–Crippen LogP) is 4.59. The first-order valence-corrected chi connectivity index (χ1v) is 11.8. The number of para-hydroxylation sites is 1. The molecular weight excluding hydrogens is 476 g/mol. The van der Waals surface area contributed by atoms with Gasteiger partial charge >= 0.3 is 5.69 Å². The number of fused-ring (bicyclic) bond motifs is 2. The summed E-state index contributed by atoms with van der Waals surface area (Å²) in [5.74, 6) is -0.185. The van der Waals surface area contributed by atoms with Crippen LogP contribution in [0.4, 0.5) is 11.4 Å². The van der Waals surface area contributed by atoms with Gasteiger partial charge in [0, 0.05) is 11.8 Å². The molecule has 0 spiro atoms. The van der Waals surface area contributed by atoms with Crippen LogP contribution in [-0.2, 0) is 17.1 Å². The average molecular weight is 493 g/mol. The largest absolute Gasteiger partial charge is 0.502 e. The molecule has 170 valence electrons. The smallest absolute Gasteiger partial charge is 0.310 e. The first kappa shape index (κ1) is 21.8. The van der Waals surface area contributed by atoms with E-state index in [1.165, 1.54) is 29.5 Å². The number of nitrogens with zero attached hydrogens (tertiary/aromatic N) is 5. The Hall–Kier alpha value is -4.03. The number of nitrogens with one attached hydrogen (secondary N) is 1. The molecule has 0 atom stereocenters. The van der Waals surface area contributed by atoms with Crippen LogP contribution in [0.25, 0.3) is 21.3 Å². The first-order chi connectivity index (χ1) is 16.5. The molecule has 0 saturated carbocycles. The molecule has 0 aliphatic rings. The highest BCUT2D eigenvalue weighted by Gasteiger charge is 2.15. The van der Waals surface area contributed by atoms with E-state index in [9.17, 15) is 20.0 Å². The lowest BCUT2D eigenvalue weighted by atomic mass is 10.1. The van der Waals surface area contributed by atoms with E-state index in [0.29, 0.717) is 17.1 Å². The normalized spacial score (nSPS) is 11.2. The number of nitro groups is 1. The van der Waals surface area contributed by atoms with Crippen molar-refractivity contribution in [3.8, 4) is 5.75 Å². The lowest BCUT2D eigenvalue weighted by Crippen LogP contribution is -2.14. The third-order valence-electron chi connectivity index (χ3n) is 4.98. The van der Waals surface area contributed by atoms with E-state index >= 15 is 0 Å². The fraction of sp³-hybridized carbons (Fsp3) is 0.0909. The monoisotopic (exact) mass is 492 g/mol. The van der Waals surface area contributed by atoms with Gasteiger partial charge in [0.1, 0.15) is 5.52 Å². The molecular formula is C22H16N6O4S2. The molecule has 1 amide bonds. The maximum Gasteiger partial charge on any atom is 0.310 e. The number of aromatic nitrogens is 4. The number of phenolic OH excluding ortho intramolecular Hbond substituents is 1. The summed E-state index contributed by atoms with van der Waals surface area (Å²) in [6.45, 7) is 0. The molecule has 0 unspecified atom stereocenters. The summed E-state index contributed by atoms with van der Waals surface area (Å²) in [5.41, 5.74) is 3.23. The number of nitro benzene ring substituents is 1. The summed E-state index contributed by atoms with van der Waals surface area (Å²) in [6.07, 6.45) is -0.0607. The standard InChI is InChI=1S/C22H16N6O4S2/c29-19-8-5-13(9-18(19)28(31)32)10-21(30)23-14-6-7-16-20(11-14)34-22(24-16)33-12-27-17-4-2-1-3-15(17)25-26-27/h1-9,11,29H,10,12H2,(H,23,30). The number of phenols is 1. The van der Waals surface area contributed by atoms with Crippen molar-refractivity contribution in [2.75, 3.05) is 5.32 Å². The first-order valence-electron chi connectivity index (χ1n) is 10.0. The van der Waals surface area contributed by atoms with Crippen LogP contribution in [0.3, 0.4) is 0 Å². The van der Waals surface area contributed by atoms with Gasteiger partial charge in [-0.3, -0.25) is 14.9 Å². The van der Waals surface area contributed by atoms with Gasteiger partial charge in [0.05, 0.1) is 33.0 Å². The number of hydrogen-bond acceptors (Lipinski definition) is 9. The number of thiazole rings is 1. The minimum atomic E-state index is -0.685. The molecule has 0 fully saturated rings. The number of carbonyl (C=O) groups is 1. The molecule has 2 aromatic heterocycles. The van der Waals surface area contributed by atoms with Crippen molar-refractivity contribution >= 4 is 61.6 Å². The van der Waals surface area contributed by atoms with Crippen LogP contribution in [0, 0.1) is 10.1 Å². The zero-order chi connectivity index (χ0) is 23.7. The Morgan fingerprint density at radius 2 is 2.00 bits per heavy atom. The molecule has 0 aliphatic carbocycles. The van der Waals surface area contributed by atoms with Crippen molar-refractivity contribution < 1.29 is 14.8 Å². The molecule has 0 saturated heterocycles. The van der Waals surface area contributed by atoms with E-state index in [1.807, 2.05) is 41.1 Å². The zero-order valence-corrected chi connectivity index (χ0v) is 19.0. The minimum absolute atomic E-state index is 0.0607. The quantitative estimate of drug-likeness (QED) is 0.191. The van der Waals surface area contributed by atoms with E-state index in [2.05, 4.69) is 20.6 Å². The van der Waals surface area contributed by atoms with Crippen LogP contribution in [0.5, 0.6) is 5.75 Å². The van der Waals surface area contributed by atoms with Gasteiger partial charge in [0.2, 0.25) is 5.91 Å². The number of thioether (sulfide) groups is 1. The number of rotatable bonds is 7. The molecule has 2 heterocycles. The van der Waals surface area contributed by atoms with Gasteiger partial charge in [0.25, 0.3) is 0 Å². The number of benzene rings is 3. The Balaban J connectivity index is 1.26. The summed E-state index contributed by atoms with van der Waals surface area (Å²) >= 11 is 3.06. The number of aromatic hydroxyl groups is 1. The van der Waals surface area contributed by atoms with E-state index in [4.69, 9.17) is 0 Å². The van der Waals surface area contributed by atoms with Gasteiger partial charge in [0.15, 0.2) is 10.1 Å². The predicted molar refractivity (Wildman–Crippen MR) is 130 cm³/mol. The zero-order valence-electron chi connectivity index (χ0n) is 17.4. The van der Waals surface area contributed by atoms with Crippen molar-refractivity contribution in [3.63, 3.8) is 0 Å². The van der Waals surface area contributed by atoms with Crippen molar-refractivity contribution in [2.45, 2.75) is 16.6 Å². The number of carbonyl (C=O) groups excluding carboxylic acids is 1. The van der Waals surface area contributed by atoms with Gasteiger partial charge in [-0.05, 0) is 42.0 Å². The van der Waals surface area contributed by atoms with E-state index in [0.717, 1.165) is 25.6 Å². The third-order valence-corrected chi connectivity index (χ3v) is 7.11. The van der Waals surface area contributed by atoms with Crippen molar-refractivity contribution in [3.05, 3.63) is 76.3 Å². The summed E-state index contributed by atoms with van der Waals surface area (Å²) in [6, 6.07) is 17.1. The van der Waals surface area contributed by atoms with Crippen LogP contribution in [0.1, 0.15) is 5.56 Å². The lowest BCUT2D eigenvalue weighted by molar-refractivity contribution is -0.385. The van der Waals surface area contributed by atoms with Crippen LogP contribution in [-0.4, -0.2) is 35.9 Å². The second kappa shape index (κ2) is 9.08. The molecule has 2 N–H and O–H groups in total. The fourth-order valence-electron chi connectivity index (χ4n) is 3.39. The van der Waals surface area contributed by atoms with Crippen LogP contribution in [0.2, 0.25) is 0 Å². The molecule has 12 heteroatoms. The summed E-state index contributed by atoms with van der Waals surface area (Å²) in [5, 5.41) is 31.7. The Morgan fingerprint density at radius 1 is 1.15 bits per heavy atom. The van der Waals surface area contributed by atoms with Crippen molar-refractivity contribution in [2.24, 2.45) is 0 Å². The van der Waals surface area contributed by atoms with E-state index in [-0.39, 0.29) is 12.3 Å². The van der Waals surface area contributed by atoms with Crippen LogP contribution >= 0.6 is 23.1 Å². The molecule has 5 aromatic rings. The second-order valence-electron chi connectivity index (χ2n) is 7.32. The van der Waals surface area contributed by atoms with Gasteiger partial charge in [-0.25, -0.2) is 9.67 Å². The SMILES string of the molecule is O=C(Cc1ccc(O)c([N+](=O)[O-])c1)Nc1ccc2nc(SCn3nnc4ccccc43)sc2c1. The van der Waals surface area contributed by atoms with E-state index < -0.39 is 16.4 Å². The van der Waals surface area contributed by atoms with Gasteiger partial charge in [-0.2, -0.15) is 0 Å². The second-order valence-corrected chi connectivity index (χ2v) is 9.54. The molecule has 0 aliphatic heterocycles. The number of anilines is 1. The van der Waals surface area contributed by atoms with Gasteiger partial charge in [-0.1, -0.05) is 35.2 Å². The van der Waals surface area contributed by atoms with Crippen LogP contribution in [0.15, 0.2) is 65.0 Å². The Kier molecular flexibility index (Phi) is 5.82. The maximum absolute atomic E-state index is 12.5. The maximum atomic E-state index is 12.5. The van der Waals surface area contributed by atoms with Crippen molar-refractivity contribution in [1.82, 2.24) is 20.0 Å². The number of hydrogen-bond donors (Lipinski definition) is 2. The molecule has 0 radical (unpaired) electrons. The highest BCUT2D eigenvalue weighted by molar-refractivity contribution is 8.00. The molecule has 0 bridgehead atoms.